The Bertz CT molecular complexity index is 955. The fourth-order valence-corrected chi connectivity index (χ4v) is 3.93. The van der Waals surface area contributed by atoms with Crippen LogP contribution >= 0.6 is 0 Å². The number of hydrogen-bond acceptors (Lipinski definition) is 7. The molecule has 1 heterocycles. The quantitative estimate of drug-likeness (QED) is 0.506. The number of hydrogen-bond donors (Lipinski definition) is 1. The Labute approximate surface area is 180 Å². The van der Waals surface area contributed by atoms with Crippen molar-refractivity contribution in [3.63, 3.8) is 0 Å². The first-order valence-electron chi connectivity index (χ1n) is 9.85. The number of carbonyl (C=O) groups is 1. The first-order valence-corrected chi connectivity index (χ1v) is 9.85. The highest BCUT2D eigenvalue weighted by atomic mass is 16.6. The Morgan fingerprint density at radius 3 is 2.29 bits per heavy atom. The van der Waals surface area contributed by atoms with Crippen molar-refractivity contribution in [2.75, 3.05) is 41.1 Å². The second-order valence-corrected chi connectivity index (χ2v) is 7.26. The Balaban J connectivity index is 1.93. The third-order valence-electron chi connectivity index (χ3n) is 5.66. The van der Waals surface area contributed by atoms with Crippen molar-refractivity contribution in [1.29, 1.82) is 0 Å². The van der Waals surface area contributed by atoms with Gasteiger partial charge in [0.25, 0.3) is 11.6 Å². The number of nitro groups is 1. The highest BCUT2D eigenvalue weighted by Gasteiger charge is 2.37. The lowest BCUT2D eigenvalue weighted by Gasteiger charge is -2.38. The van der Waals surface area contributed by atoms with E-state index in [9.17, 15) is 14.9 Å². The summed E-state index contributed by atoms with van der Waals surface area (Å²) >= 11 is 0. The van der Waals surface area contributed by atoms with Crippen LogP contribution in [0.4, 0.5) is 5.69 Å². The van der Waals surface area contributed by atoms with Gasteiger partial charge in [-0.25, -0.2) is 0 Å². The van der Waals surface area contributed by atoms with Crippen LogP contribution in [0.15, 0.2) is 36.4 Å². The van der Waals surface area contributed by atoms with Crippen LogP contribution in [-0.4, -0.2) is 51.9 Å². The summed E-state index contributed by atoms with van der Waals surface area (Å²) in [6.45, 7) is 1.37. The molecule has 1 aliphatic rings. The zero-order valence-electron chi connectivity index (χ0n) is 17.8. The molecule has 0 atom stereocenters. The number of rotatable bonds is 8. The van der Waals surface area contributed by atoms with Crippen LogP contribution in [0.5, 0.6) is 17.2 Å². The van der Waals surface area contributed by atoms with Gasteiger partial charge in [-0.2, -0.15) is 0 Å². The fourth-order valence-electron chi connectivity index (χ4n) is 3.93. The molecule has 9 heteroatoms. The molecule has 1 N–H and O–H groups in total. The van der Waals surface area contributed by atoms with E-state index in [1.54, 1.807) is 7.11 Å². The first kappa shape index (κ1) is 22.4. The van der Waals surface area contributed by atoms with Crippen LogP contribution in [-0.2, 0) is 10.2 Å². The van der Waals surface area contributed by atoms with Gasteiger partial charge in [-0.1, -0.05) is 18.2 Å². The number of carbonyl (C=O) groups excluding carboxylic acids is 1. The van der Waals surface area contributed by atoms with E-state index in [-0.39, 0.29) is 29.3 Å². The summed E-state index contributed by atoms with van der Waals surface area (Å²) in [7, 11) is 4.39. The molecule has 1 fully saturated rings. The van der Waals surface area contributed by atoms with Crippen molar-refractivity contribution in [3.05, 3.63) is 57.6 Å². The molecular weight excluding hydrogens is 404 g/mol. The Hall–Kier alpha value is -3.33. The fraction of sp³-hybridized carbons (Fsp3) is 0.409. The number of nitrogens with zero attached hydrogens (tertiary/aromatic N) is 1. The lowest BCUT2D eigenvalue weighted by atomic mass is 9.73. The largest absolute Gasteiger partial charge is 0.496 e. The van der Waals surface area contributed by atoms with E-state index in [0.29, 0.717) is 26.1 Å². The Morgan fingerprint density at radius 1 is 1.06 bits per heavy atom. The zero-order chi connectivity index (χ0) is 22.4. The SMILES string of the molecule is COc1cc(C(=O)NCC2(c3ccccc3OC)CCOCC2)c([N+](=O)[O-])cc1OC. The lowest BCUT2D eigenvalue weighted by molar-refractivity contribution is -0.385. The molecular formula is C22H26N2O7. The molecule has 0 saturated carbocycles. The average Bonchev–Trinajstić information content (AvgIpc) is 2.82. The van der Waals surface area contributed by atoms with Crippen LogP contribution in [0, 0.1) is 10.1 Å². The van der Waals surface area contributed by atoms with Crippen LogP contribution in [0.25, 0.3) is 0 Å². The second-order valence-electron chi connectivity index (χ2n) is 7.26. The summed E-state index contributed by atoms with van der Waals surface area (Å²) in [6.07, 6.45) is 1.36. The van der Waals surface area contributed by atoms with Gasteiger partial charge in [0.2, 0.25) is 0 Å². The van der Waals surface area contributed by atoms with Crippen molar-refractivity contribution in [2.45, 2.75) is 18.3 Å². The number of ether oxygens (including phenoxy) is 4. The molecule has 0 bridgehead atoms. The van der Waals surface area contributed by atoms with Gasteiger partial charge in [0, 0.05) is 36.8 Å². The van der Waals surface area contributed by atoms with Crippen molar-refractivity contribution in [1.82, 2.24) is 5.32 Å². The maximum atomic E-state index is 13.0. The zero-order valence-corrected chi connectivity index (χ0v) is 17.8. The molecule has 9 nitrogen and oxygen atoms in total. The van der Waals surface area contributed by atoms with Gasteiger partial charge in [-0.3, -0.25) is 14.9 Å². The van der Waals surface area contributed by atoms with Gasteiger partial charge in [0.1, 0.15) is 11.3 Å². The molecule has 0 aromatic heterocycles. The predicted octanol–water partition coefficient (Wildman–Crippen LogP) is 3.10. The Morgan fingerprint density at radius 2 is 1.68 bits per heavy atom. The summed E-state index contributed by atoms with van der Waals surface area (Å²) in [4.78, 5) is 24.0. The van der Waals surface area contributed by atoms with E-state index in [0.717, 1.165) is 11.3 Å². The third-order valence-corrected chi connectivity index (χ3v) is 5.66. The van der Waals surface area contributed by atoms with Gasteiger partial charge in [0.05, 0.1) is 32.3 Å². The minimum Gasteiger partial charge on any atom is -0.496 e. The van der Waals surface area contributed by atoms with Gasteiger partial charge < -0.3 is 24.3 Å². The van der Waals surface area contributed by atoms with E-state index >= 15 is 0 Å². The molecule has 31 heavy (non-hydrogen) atoms. The number of amides is 1. The lowest BCUT2D eigenvalue weighted by Crippen LogP contribution is -2.45. The molecule has 0 radical (unpaired) electrons. The minimum atomic E-state index is -0.610. The third kappa shape index (κ3) is 4.56. The van der Waals surface area contributed by atoms with Crippen LogP contribution in [0.2, 0.25) is 0 Å². The summed E-state index contributed by atoms with van der Waals surface area (Å²) in [5.74, 6) is 0.591. The molecule has 2 aromatic rings. The van der Waals surface area contributed by atoms with Crippen molar-refractivity contribution in [2.24, 2.45) is 0 Å². The summed E-state index contributed by atoms with van der Waals surface area (Å²) in [5, 5.41) is 14.5. The summed E-state index contributed by atoms with van der Waals surface area (Å²) in [5.41, 5.74) is 0.118. The van der Waals surface area contributed by atoms with Crippen LogP contribution in [0.3, 0.4) is 0 Å². The van der Waals surface area contributed by atoms with Gasteiger partial charge in [-0.15, -0.1) is 0 Å². The smallest absolute Gasteiger partial charge is 0.286 e. The maximum absolute atomic E-state index is 13.0. The maximum Gasteiger partial charge on any atom is 0.286 e. The molecule has 1 aliphatic heterocycles. The van der Waals surface area contributed by atoms with E-state index in [4.69, 9.17) is 18.9 Å². The topological polar surface area (TPSA) is 109 Å². The van der Waals surface area contributed by atoms with E-state index in [1.807, 2.05) is 24.3 Å². The van der Waals surface area contributed by atoms with Gasteiger partial charge >= 0.3 is 0 Å². The molecule has 166 valence electrons. The van der Waals surface area contributed by atoms with Crippen LogP contribution in [0.1, 0.15) is 28.8 Å². The number of benzene rings is 2. The standard InChI is InChI=1S/C22H26N2O7/c1-28-18-7-5-4-6-16(18)22(8-10-31-11-9-22)14-23-21(25)15-12-19(29-2)20(30-3)13-17(15)24(26)27/h4-7,12-13H,8-11,14H2,1-3H3,(H,23,25). The van der Waals surface area contributed by atoms with E-state index in [2.05, 4.69) is 5.32 Å². The highest BCUT2D eigenvalue weighted by Crippen LogP contribution is 2.40. The van der Waals surface area contributed by atoms with Gasteiger partial charge in [-0.05, 0) is 18.9 Å². The van der Waals surface area contributed by atoms with Crippen molar-refractivity contribution < 1.29 is 28.7 Å². The first-order chi connectivity index (χ1) is 15.0. The number of para-hydroxylation sites is 1. The average molecular weight is 430 g/mol. The predicted molar refractivity (Wildman–Crippen MR) is 113 cm³/mol. The van der Waals surface area contributed by atoms with Crippen LogP contribution < -0.4 is 19.5 Å². The number of nitro benzene ring substituents is 1. The van der Waals surface area contributed by atoms with E-state index < -0.39 is 16.2 Å². The van der Waals surface area contributed by atoms with Crippen molar-refractivity contribution in [3.8, 4) is 17.2 Å². The normalized spacial score (nSPS) is 15.1. The molecule has 1 amide bonds. The molecule has 0 spiro atoms. The van der Waals surface area contributed by atoms with Crippen molar-refractivity contribution >= 4 is 11.6 Å². The molecule has 0 unspecified atom stereocenters. The molecule has 1 saturated heterocycles. The minimum absolute atomic E-state index is 0.0927. The second kappa shape index (κ2) is 9.65. The number of methoxy groups -OCH3 is 3. The molecule has 2 aromatic carbocycles. The summed E-state index contributed by atoms with van der Waals surface area (Å²) < 4.78 is 21.4. The van der Waals surface area contributed by atoms with E-state index in [1.165, 1.54) is 26.4 Å². The monoisotopic (exact) mass is 430 g/mol. The Kier molecular flexibility index (Phi) is 6.96. The van der Waals surface area contributed by atoms with Gasteiger partial charge in [0.15, 0.2) is 11.5 Å². The molecule has 3 rings (SSSR count). The number of nitrogens with one attached hydrogen (secondary N) is 1. The molecule has 0 aliphatic carbocycles. The summed E-state index contributed by atoms with van der Waals surface area (Å²) in [6, 6.07) is 10.2. The highest BCUT2D eigenvalue weighted by molar-refractivity contribution is 5.99.